The second-order valence-corrected chi connectivity index (χ2v) is 5.81. The zero-order chi connectivity index (χ0) is 12.2. The lowest BCUT2D eigenvalue weighted by Crippen LogP contribution is -2.45. The first-order valence-electron chi connectivity index (χ1n) is 7.00. The standard InChI is InChI=1S/C14H30N2/c1-6-15-13-12(9-10-14(13,4)5)11-16(7-2)8-3/h12-13,15H,6-11H2,1-5H3. The van der Waals surface area contributed by atoms with E-state index in [0.29, 0.717) is 11.5 Å². The van der Waals surface area contributed by atoms with Gasteiger partial charge in [-0.2, -0.15) is 0 Å². The van der Waals surface area contributed by atoms with Crippen molar-refractivity contribution < 1.29 is 0 Å². The van der Waals surface area contributed by atoms with Crippen LogP contribution >= 0.6 is 0 Å². The first kappa shape index (κ1) is 14.0. The SMILES string of the molecule is CCNC1C(CN(CC)CC)CCC1(C)C. The van der Waals surface area contributed by atoms with Crippen molar-refractivity contribution in [3.05, 3.63) is 0 Å². The van der Waals surface area contributed by atoms with E-state index >= 15 is 0 Å². The Morgan fingerprint density at radius 2 is 1.81 bits per heavy atom. The molecular formula is C14H30N2. The molecule has 2 heteroatoms. The van der Waals surface area contributed by atoms with Crippen molar-refractivity contribution in [1.29, 1.82) is 0 Å². The molecule has 2 atom stereocenters. The Kier molecular flexibility index (Phi) is 5.26. The minimum atomic E-state index is 0.480. The van der Waals surface area contributed by atoms with Gasteiger partial charge in [-0.15, -0.1) is 0 Å². The van der Waals surface area contributed by atoms with Crippen molar-refractivity contribution in [2.75, 3.05) is 26.2 Å². The third-order valence-corrected chi connectivity index (χ3v) is 4.28. The van der Waals surface area contributed by atoms with Gasteiger partial charge in [-0.1, -0.05) is 34.6 Å². The van der Waals surface area contributed by atoms with E-state index in [1.807, 2.05) is 0 Å². The van der Waals surface area contributed by atoms with Gasteiger partial charge in [-0.25, -0.2) is 0 Å². The molecule has 2 unspecified atom stereocenters. The van der Waals surface area contributed by atoms with Crippen molar-refractivity contribution in [1.82, 2.24) is 10.2 Å². The van der Waals surface area contributed by atoms with Gasteiger partial charge in [0.15, 0.2) is 0 Å². The Balaban J connectivity index is 2.58. The van der Waals surface area contributed by atoms with Gasteiger partial charge < -0.3 is 10.2 Å². The molecule has 1 saturated carbocycles. The highest BCUT2D eigenvalue weighted by atomic mass is 15.1. The molecule has 1 fully saturated rings. The molecule has 0 radical (unpaired) electrons. The summed E-state index contributed by atoms with van der Waals surface area (Å²) in [5.41, 5.74) is 0.480. The number of hydrogen-bond acceptors (Lipinski definition) is 2. The van der Waals surface area contributed by atoms with Crippen LogP contribution in [0.2, 0.25) is 0 Å². The molecule has 96 valence electrons. The van der Waals surface area contributed by atoms with Crippen molar-refractivity contribution >= 4 is 0 Å². The number of nitrogens with zero attached hydrogens (tertiary/aromatic N) is 1. The predicted molar refractivity (Wildman–Crippen MR) is 71.8 cm³/mol. The summed E-state index contributed by atoms with van der Waals surface area (Å²) in [5.74, 6) is 0.842. The van der Waals surface area contributed by atoms with Crippen LogP contribution in [0.5, 0.6) is 0 Å². The maximum absolute atomic E-state index is 3.71. The van der Waals surface area contributed by atoms with Crippen LogP contribution in [0.3, 0.4) is 0 Å². The highest BCUT2D eigenvalue weighted by Crippen LogP contribution is 2.41. The van der Waals surface area contributed by atoms with Crippen LogP contribution < -0.4 is 5.32 Å². The quantitative estimate of drug-likeness (QED) is 0.749. The van der Waals surface area contributed by atoms with Gasteiger partial charge in [0.2, 0.25) is 0 Å². The van der Waals surface area contributed by atoms with Gasteiger partial charge in [-0.05, 0) is 43.8 Å². The molecule has 0 amide bonds. The molecule has 0 aromatic heterocycles. The van der Waals surface area contributed by atoms with Crippen LogP contribution in [-0.4, -0.2) is 37.1 Å². The minimum absolute atomic E-state index is 0.480. The fourth-order valence-electron chi connectivity index (χ4n) is 3.19. The Morgan fingerprint density at radius 3 is 2.31 bits per heavy atom. The maximum Gasteiger partial charge on any atom is 0.0159 e. The minimum Gasteiger partial charge on any atom is -0.313 e. The number of nitrogens with one attached hydrogen (secondary N) is 1. The van der Waals surface area contributed by atoms with E-state index in [1.165, 1.54) is 32.5 Å². The zero-order valence-corrected chi connectivity index (χ0v) is 11.8. The van der Waals surface area contributed by atoms with E-state index in [1.54, 1.807) is 0 Å². The first-order valence-corrected chi connectivity index (χ1v) is 7.00. The largest absolute Gasteiger partial charge is 0.313 e. The van der Waals surface area contributed by atoms with E-state index in [9.17, 15) is 0 Å². The van der Waals surface area contributed by atoms with Crippen LogP contribution in [-0.2, 0) is 0 Å². The lowest BCUT2D eigenvalue weighted by atomic mass is 9.84. The first-order chi connectivity index (χ1) is 7.55. The summed E-state index contributed by atoms with van der Waals surface area (Å²) in [6, 6.07) is 0.707. The van der Waals surface area contributed by atoms with Crippen molar-refractivity contribution in [3.8, 4) is 0 Å². The van der Waals surface area contributed by atoms with Gasteiger partial charge in [0.25, 0.3) is 0 Å². The highest BCUT2D eigenvalue weighted by molar-refractivity contribution is 4.96. The fraction of sp³-hybridized carbons (Fsp3) is 1.00. The molecule has 0 aromatic carbocycles. The van der Waals surface area contributed by atoms with Crippen molar-refractivity contribution in [2.45, 2.75) is 53.5 Å². The van der Waals surface area contributed by atoms with Crippen molar-refractivity contribution in [3.63, 3.8) is 0 Å². The van der Waals surface area contributed by atoms with Gasteiger partial charge >= 0.3 is 0 Å². The summed E-state index contributed by atoms with van der Waals surface area (Å²) in [6.07, 6.45) is 2.76. The fourth-order valence-corrected chi connectivity index (χ4v) is 3.19. The highest BCUT2D eigenvalue weighted by Gasteiger charge is 2.41. The molecule has 2 nitrogen and oxygen atoms in total. The van der Waals surface area contributed by atoms with E-state index in [2.05, 4.69) is 44.8 Å². The number of hydrogen-bond donors (Lipinski definition) is 1. The molecule has 1 aliphatic carbocycles. The Bertz CT molecular complexity index is 197. The molecule has 16 heavy (non-hydrogen) atoms. The van der Waals surface area contributed by atoms with E-state index in [-0.39, 0.29) is 0 Å². The van der Waals surface area contributed by atoms with Crippen LogP contribution in [0.25, 0.3) is 0 Å². The lowest BCUT2D eigenvalue weighted by Gasteiger charge is -2.33. The molecule has 0 bridgehead atoms. The molecule has 0 spiro atoms. The van der Waals surface area contributed by atoms with Gasteiger partial charge in [0, 0.05) is 12.6 Å². The molecule has 1 aliphatic rings. The lowest BCUT2D eigenvalue weighted by molar-refractivity contribution is 0.195. The van der Waals surface area contributed by atoms with Crippen LogP contribution in [0.4, 0.5) is 0 Å². The van der Waals surface area contributed by atoms with Crippen LogP contribution in [0.1, 0.15) is 47.5 Å². The summed E-state index contributed by atoms with van der Waals surface area (Å²) >= 11 is 0. The summed E-state index contributed by atoms with van der Waals surface area (Å²) in [6.45, 7) is 16.3. The molecule has 0 aliphatic heterocycles. The molecule has 0 heterocycles. The predicted octanol–water partition coefficient (Wildman–Crippen LogP) is 2.74. The van der Waals surface area contributed by atoms with Crippen molar-refractivity contribution in [2.24, 2.45) is 11.3 Å². The van der Waals surface area contributed by atoms with Gasteiger partial charge in [-0.3, -0.25) is 0 Å². The average Bonchev–Trinajstić information content (AvgIpc) is 2.53. The van der Waals surface area contributed by atoms with Gasteiger partial charge in [0.05, 0.1) is 0 Å². The summed E-state index contributed by atoms with van der Waals surface area (Å²) in [7, 11) is 0. The normalized spacial score (nSPS) is 28.9. The monoisotopic (exact) mass is 226 g/mol. The molecule has 1 rings (SSSR count). The third kappa shape index (κ3) is 3.21. The van der Waals surface area contributed by atoms with E-state index in [0.717, 1.165) is 12.5 Å². The molecule has 0 aromatic rings. The Hall–Kier alpha value is -0.0800. The van der Waals surface area contributed by atoms with E-state index in [4.69, 9.17) is 0 Å². The molecule has 0 saturated heterocycles. The average molecular weight is 226 g/mol. The zero-order valence-electron chi connectivity index (χ0n) is 11.8. The van der Waals surface area contributed by atoms with Crippen LogP contribution in [0.15, 0.2) is 0 Å². The Morgan fingerprint density at radius 1 is 1.19 bits per heavy atom. The number of rotatable bonds is 6. The Labute approximate surface area is 102 Å². The second-order valence-electron chi connectivity index (χ2n) is 5.81. The molecule has 1 N–H and O–H groups in total. The third-order valence-electron chi connectivity index (χ3n) is 4.28. The summed E-state index contributed by atoms with van der Waals surface area (Å²) in [5, 5.41) is 3.71. The van der Waals surface area contributed by atoms with Gasteiger partial charge in [0.1, 0.15) is 0 Å². The molecular weight excluding hydrogens is 196 g/mol. The summed E-state index contributed by atoms with van der Waals surface area (Å²) in [4.78, 5) is 2.57. The second kappa shape index (κ2) is 6.02. The smallest absolute Gasteiger partial charge is 0.0159 e. The van der Waals surface area contributed by atoms with E-state index < -0.39 is 0 Å². The topological polar surface area (TPSA) is 15.3 Å². The van der Waals surface area contributed by atoms with Crippen LogP contribution in [0, 0.1) is 11.3 Å². The summed E-state index contributed by atoms with van der Waals surface area (Å²) < 4.78 is 0. The maximum atomic E-state index is 3.71.